The summed E-state index contributed by atoms with van der Waals surface area (Å²) in [5, 5.41) is 7.92. The van der Waals surface area contributed by atoms with Crippen LogP contribution in [0.5, 0.6) is 0 Å². The number of rotatable bonds is 6. The van der Waals surface area contributed by atoms with E-state index in [1.165, 1.54) is 11.3 Å². The van der Waals surface area contributed by atoms with Crippen LogP contribution < -0.4 is 5.32 Å². The van der Waals surface area contributed by atoms with Crippen molar-refractivity contribution in [3.8, 4) is 0 Å². The Morgan fingerprint density at radius 2 is 2.06 bits per heavy atom. The highest BCUT2D eigenvalue weighted by Gasteiger charge is 2.21. The van der Waals surface area contributed by atoms with Crippen molar-refractivity contribution in [3.05, 3.63) is 17.5 Å². The van der Waals surface area contributed by atoms with Crippen LogP contribution in [0.25, 0.3) is 0 Å². The molecule has 0 saturated carbocycles. The molecule has 0 saturated heterocycles. The van der Waals surface area contributed by atoms with E-state index in [2.05, 4.69) is 37.4 Å². The van der Waals surface area contributed by atoms with E-state index < -0.39 is 0 Å². The van der Waals surface area contributed by atoms with Gasteiger partial charge in [0.15, 0.2) is 0 Å². The van der Waals surface area contributed by atoms with Crippen LogP contribution in [0.3, 0.4) is 0 Å². The van der Waals surface area contributed by atoms with Gasteiger partial charge in [0.2, 0.25) is 0 Å². The molecule has 4 heteroatoms. The number of nitrogens with zero attached hydrogens (tertiary/aromatic N) is 2. The molecule has 0 fully saturated rings. The van der Waals surface area contributed by atoms with E-state index in [1.54, 1.807) is 7.11 Å². The predicted octanol–water partition coefficient (Wildman–Crippen LogP) is 1.50. The summed E-state index contributed by atoms with van der Waals surface area (Å²) in [7, 11) is 3.71. The Bertz CT molecular complexity index is 339. The molecular formula is C13H25N3O. The number of aryl methyl sites for hydroxylation is 1. The number of hydrogen-bond donors (Lipinski definition) is 1. The number of hydrogen-bond acceptors (Lipinski definition) is 3. The van der Waals surface area contributed by atoms with Crippen LogP contribution in [-0.2, 0) is 23.6 Å². The minimum Gasteiger partial charge on any atom is -0.383 e. The van der Waals surface area contributed by atoms with Crippen molar-refractivity contribution >= 4 is 0 Å². The van der Waals surface area contributed by atoms with Gasteiger partial charge in [0.25, 0.3) is 0 Å². The van der Waals surface area contributed by atoms with E-state index >= 15 is 0 Å². The van der Waals surface area contributed by atoms with Gasteiger partial charge in [0, 0.05) is 32.3 Å². The molecule has 0 aliphatic carbocycles. The highest BCUT2D eigenvalue weighted by molar-refractivity contribution is 5.24. The first-order valence-electron chi connectivity index (χ1n) is 6.18. The van der Waals surface area contributed by atoms with E-state index in [0.717, 1.165) is 26.1 Å². The van der Waals surface area contributed by atoms with E-state index in [9.17, 15) is 0 Å². The molecule has 0 aliphatic heterocycles. The summed E-state index contributed by atoms with van der Waals surface area (Å²) < 4.78 is 6.91. The lowest BCUT2D eigenvalue weighted by atomic mass is 9.89. The van der Waals surface area contributed by atoms with Gasteiger partial charge in [-0.15, -0.1) is 0 Å². The first kappa shape index (κ1) is 14.2. The molecule has 0 atom stereocenters. The molecule has 0 aromatic carbocycles. The van der Waals surface area contributed by atoms with Gasteiger partial charge in [-0.05, 0) is 18.5 Å². The topological polar surface area (TPSA) is 39.1 Å². The third-order valence-corrected chi connectivity index (χ3v) is 2.67. The summed E-state index contributed by atoms with van der Waals surface area (Å²) in [6.07, 6.45) is 3.14. The molecule has 1 heterocycles. The zero-order chi connectivity index (χ0) is 12.9. The molecule has 1 aromatic heterocycles. The lowest BCUT2D eigenvalue weighted by Crippen LogP contribution is -2.23. The summed E-state index contributed by atoms with van der Waals surface area (Å²) in [5.41, 5.74) is 2.65. The zero-order valence-corrected chi connectivity index (χ0v) is 11.7. The van der Waals surface area contributed by atoms with Crippen LogP contribution >= 0.6 is 0 Å². The second-order valence-corrected chi connectivity index (χ2v) is 5.42. The lowest BCUT2D eigenvalue weighted by Gasteiger charge is -2.17. The third kappa shape index (κ3) is 4.48. The average Bonchev–Trinajstić information content (AvgIpc) is 2.59. The molecule has 1 N–H and O–H groups in total. The van der Waals surface area contributed by atoms with Gasteiger partial charge < -0.3 is 10.1 Å². The van der Waals surface area contributed by atoms with Gasteiger partial charge in [-0.2, -0.15) is 5.10 Å². The van der Waals surface area contributed by atoms with Crippen LogP contribution in [-0.4, -0.2) is 36.6 Å². The molecule has 1 rings (SSSR count). The molecular weight excluding hydrogens is 214 g/mol. The van der Waals surface area contributed by atoms with Gasteiger partial charge >= 0.3 is 0 Å². The molecule has 4 nitrogen and oxygen atoms in total. The quantitative estimate of drug-likeness (QED) is 0.765. The molecule has 1 aromatic rings. The molecule has 0 amide bonds. The standard InChI is InChI=1S/C13H25N3O/c1-13(2,3)12-11(10-16(4)15-12)6-7-14-8-9-17-5/h10,14H,6-9H2,1-5H3. The first-order chi connectivity index (χ1) is 7.95. The lowest BCUT2D eigenvalue weighted by molar-refractivity contribution is 0.199. The van der Waals surface area contributed by atoms with Crippen LogP contribution in [0.2, 0.25) is 0 Å². The maximum absolute atomic E-state index is 5.00. The van der Waals surface area contributed by atoms with E-state index in [4.69, 9.17) is 4.74 Å². The van der Waals surface area contributed by atoms with Crippen LogP contribution in [0.1, 0.15) is 32.0 Å². The molecule has 17 heavy (non-hydrogen) atoms. The van der Waals surface area contributed by atoms with Gasteiger partial charge in [0.1, 0.15) is 0 Å². The van der Waals surface area contributed by atoms with Crippen LogP contribution in [0.15, 0.2) is 6.20 Å². The molecule has 0 spiro atoms. The summed E-state index contributed by atoms with van der Waals surface area (Å²) in [6.45, 7) is 9.25. The van der Waals surface area contributed by atoms with Gasteiger partial charge in [0.05, 0.1) is 12.3 Å². The fraction of sp³-hybridized carbons (Fsp3) is 0.769. The molecule has 0 bridgehead atoms. The summed E-state index contributed by atoms with van der Waals surface area (Å²) in [4.78, 5) is 0. The predicted molar refractivity (Wildman–Crippen MR) is 70.4 cm³/mol. The minimum absolute atomic E-state index is 0.114. The van der Waals surface area contributed by atoms with Crippen molar-refractivity contribution in [2.75, 3.05) is 26.8 Å². The second kappa shape index (κ2) is 6.17. The Morgan fingerprint density at radius 3 is 2.65 bits per heavy atom. The Kier molecular flexibility index (Phi) is 5.15. The summed E-state index contributed by atoms with van der Waals surface area (Å²) >= 11 is 0. The Labute approximate surface area is 104 Å². The maximum Gasteiger partial charge on any atom is 0.0710 e. The van der Waals surface area contributed by atoms with Gasteiger partial charge in [-0.25, -0.2) is 0 Å². The van der Waals surface area contributed by atoms with Crippen molar-refractivity contribution < 1.29 is 4.74 Å². The highest BCUT2D eigenvalue weighted by Crippen LogP contribution is 2.24. The van der Waals surface area contributed by atoms with E-state index in [0.29, 0.717) is 0 Å². The summed E-state index contributed by atoms with van der Waals surface area (Å²) in [5.74, 6) is 0. The Balaban J connectivity index is 2.53. The highest BCUT2D eigenvalue weighted by atomic mass is 16.5. The molecule has 0 radical (unpaired) electrons. The molecule has 0 aliphatic rings. The molecule has 98 valence electrons. The third-order valence-electron chi connectivity index (χ3n) is 2.67. The van der Waals surface area contributed by atoms with Gasteiger partial charge in [-0.3, -0.25) is 4.68 Å². The van der Waals surface area contributed by atoms with E-state index in [-0.39, 0.29) is 5.41 Å². The number of aromatic nitrogens is 2. The second-order valence-electron chi connectivity index (χ2n) is 5.42. The van der Waals surface area contributed by atoms with Crippen molar-refractivity contribution in [2.45, 2.75) is 32.6 Å². The van der Waals surface area contributed by atoms with Crippen LogP contribution in [0, 0.1) is 0 Å². The smallest absolute Gasteiger partial charge is 0.0710 e. The first-order valence-corrected chi connectivity index (χ1v) is 6.18. The number of ether oxygens (including phenoxy) is 1. The molecule has 0 unspecified atom stereocenters. The number of methoxy groups -OCH3 is 1. The van der Waals surface area contributed by atoms with Crippen molar-refractivity contribution in [3.63, 3.8) is 0 Å². The Morgan fingerprint density at radius 1 is 1.35 bits per heavy atom. The van der Waals surface area contributed by atoms with Gasteiger partial charge in [-0.1, -0.05) is 20.8 Å². The van der Waals surface area contributed by atoms with E-state index in [1.807, 2.05) is 11.7 Å². The Hall–Kier alpha value is -0.870. The fourth-order valence-electron chi connectivity index (χ4n) is 1.87. The zero-order valence-electron chi connectivity index (χ0n) is 11.7. The minimum atomic E-state index is 0.114. The van der Waals surface area contributed by atoms with Crippen molar-refractivity contribution in [1.29, 1.82) is 0 Å². The normalized spacial score (nSPS) is 12.1. The van der Waals surface area contributed by atoms with Crippen LogP contribution in [0.4, 0.5) is 0 Å². The maximum atomic E-state index is 5.00. The largest absolute Gasteiger partial charge is 0.383 e. The monoisotopic (exact) mass is 239 g/mol. The van der Waals surface area contributed by atoms with Crippen molar-refractivity contribution in [1.82, 2.24) is 15.1 Å². The fourth-order valence-corrected chi connectivity index (χ4v) is 1.87. The van der Waals surface area contributed by atoms with Crippen molar-refractivity contribution in [2.24, 2.45) is 7.05 Å². The average molecular weight is 239 g/mol. The summed E-state index contributed by atoms with van der Waals surface area (Å²) in [6, 6.07) is 0. The number of nitrogens with one attached hydrogen (secondary N) is 1. The SMILES string of the molecule is COCCNCCc1cn(C)nc1C(C)(C)C.